The number of hydrogen-bond donors (Lipinski definition) is 1. The fraction of sp³-hybridized carbons (Fsp3) is 0.235. The zero-order valence-corrected chi connectivity index (χ0v) is 15.9. The predicted molar refractivity (Wildman–Crippen MR) is 99.0 cm³/mol. The van der Waals surface area contributed by atoms with Crippen LogP contribution in [0.3, 0.4) is 0 Å². The third-order valence-corrected chi connectivity index (χ3v) is 5.14. The Morgan fingerprint density at radius 2 is 1.88 bits per heavy atom. The van der Waals surface area contributed by atoms with Crippen LogP contribution in [0, 0.1) is 0 Å². The van der Waals surface area contributed by atoms with Crippen LogP contribution in [0.1, 0.15) is 25.0 Å². The molecule has 0 saturated carbocycles. The maximum atomic E-state index is 12.2. The molecule has 0 aliphatic rings. The molecule has 0 aliphatic carbocycles. The quantitative estimate of drug-likeness (QED) is 0.558. The van der Waals surface area contributed by atoms with E-state index in [-0.39, 0.29) is 4.90 Å². The van der Waals surface area contributed by atoms with Crippen molar-refractivity contribution in [3.8, 4) is 5.75 Å². The van der Waals surface area contributed by atoms with Crippen LogP contribution < -0.4 is 9.57 Å². The Morgan fingerprint density at radius 3 is 2.46 bits per heavy atom. The van der Waals surface area contributed by atoms with Crippen molar-refractivity contribution in [3.05, 3.63) is 58.1 Å². The van der Waals surface area contributed by atoms with Gasteiger partial charge in [-0.1, -0.05) is 19.1 Å². The summed E-state index contributed by atoms with van der Waals surface area (Å²) >= 11 is 3.40. The normalized spacial score (nSPS) is 11.6. The largest absolute Gasteiger partial charge is 0.493 e. The molecule has 0 heterocycles. The highest BCUT2D eigenvalue weighted by molar-refractivity contribution is 9.10. The lowest BCUT2D eigenvalue weighted by molar-refractivity contribution is 0.338. The highest BCUT2D eigenvalue weighted by Gasteiger charge is 2.12. The second-order valence-corrected chi connectivity index (χ2v) is 7.49. The molecular formula is C17H19BrN2O3S. The first kappa shape index (κ1) is 18.5. The molecule has 0 spiro atoms. The van der Waals surface area contributed by atoms with Crippen LogP contribution in [0.5, 0.6) is 5.75 Å². The number of aryl methyl sites for hydroxylation is 1. The Morgan fingerprint density at radius 1 is 1.17 bits per heavy atom. The standard InChI is InChI=1S/C17H19BrN2O3S/c1-3-13-5-8-15(9-6-13)24(21,22)20-19-12-14-7-10-17(23-4-2)16(18)11-14/h5-12,20H,3-4H2,1-2H3/b19-12+. The average molecular weight is 411 g/mol. The Hall–Kier alpha value is -1.86. The molecular weight excluding hydrogens is 392 g/mol. The maximum Gasteiger partial charge on any atom is 0.276 e. The van der Waals surface area contributed by atoms with Gasteiger partial charge in [-0.15, -0.1) is 0 Å². The topological polar surface area (TPSA) is 67.8 Å². The molecule has 0 atom stereocenters. The lowest BCUT2D eigenvalue weighted by Crippen LogP contribution is -2.18. The number of hydrazone groups is 1. The molecule has 128 valence electrons. The maximum absolute atomic E-state index is 12.2. The van der Waals surface area contributed by atoms with Crippen LogP contribution in [0.25, 0.3) is 0 Å². The summed E-state index contributed by atoms with van der Waals surface area (Å²) in [6.45, 7) is 4.49. The summed E-state index contributed by atoms with van der Waals surface area (Å²) in [5.41, 5.74) is 1.83. The van der Waals surface area contributed by atoms with E-state index in [1.165, 1.54) is 6.21 Å². The van der Waals surface area contributed by atoms with Crippen molar-refractivity contribution in [2.24, 2.45) is 5.10 Å². The number of sulfonamides is 1. The van der Waals surface area contributed by atoms with Crippen molar-refractivity contribution in [2.75, 3.05) is 6.61 Å². The molecule has 0 aliphatic heterocycles. The summed E-state index contributed by atoms with van der Waals surface area (Å²) in [7, 11) is -3.67. The molecule has 1 N–H and O–H groups in total. The Kier molecular flexibility index (Phi) is 6.39. The third-order valence-electron chi connectivity index (χ3n) is 3.28. The second kappa shape index (κ2) is 8.30. The van der Waals surface area contributed by atoms with Crippen molar-refractivity contribution in [2.45, 2.75) is 25.2 Å². The summed E-state index contributed by atoms with van der Waals surface area (Å²) in [5.74, 6) is 0.728. The van der Waals surface area contributed by atoms with Gasteiger partial charge in [0.1, 0.15) is 5.75 Å². The van der Waals surface area contributed by atoms with E-state index < -0.39 is 10.0 Å². The minimum atomic E-state index is -3.67. The first-order valence-electron chi connectivity index (χ1n) is 7.52. The number of hydrogen-bond acceptors (Lipinski definition) is 4. The molecule has 0 saturated heterocycles. The first-order chi connectivity index (χ1) is 11.5. The van der Waals surface area contributed by atoms with Crippen molar-refractivity contribution in [3.63, 3.8) is 0 Å². The summed E-state index contributed by atoms with van der Waals surface area (Å²) in [5, 5.41) is 3.82. The molecule has 0 aromatic heterocycles. The number of benzene rings is 2. The molecule has 2 aromatic rings. The van der Waals surface area contributed by atoms with Crippen LogP contribution in [0.2, 0.25) is 0 Å². The fourth-order valence-corrected chi connectivity index (χ4v) is 3.30. The van der Waals surface area contributed by atoms with Crippen molar-refractivity contribution >= 4 is 32.2 Å². The predicted octanol–water partition coefficient (Wildman–Crippen LogP) is 3.72. The van der Waals surface area contributed by atoms with Crippen LogP contribution in [-0.4, -0.2) is 21.2 Å². The van der Waals surface area contributed by atoms with Gasteiger partial charge in [-0.05, 0) is 70.7 Å². The van der Waals surface area contributed by atoms with E-state index in [2.05, 4.69) is 25.9 Å². The van der Waals surface area contributed by atoms with Gasteiger partial charge >= 0.3 is 0 Å². The number of nitrogens with zero attached hydrogens (tertiary/aromatic N) is 1. The SMILES string of the molecule is CCOc1ccc(/C=N/NS(=O)(=O)c2ccc(CC)cc2)cc1Br. The number of rotatable bonds is 7. The highest BCUT2D eigenvalue weighted by atomic mass is 79.9. The van der Waals surface area contributed by atoms with Gasteiger partial charge in [0, 0.05) is 0 Å². The molecule has 7 heteroatoms. The Labute approximate surface area is 150 Å². The summed E-state index contributed by atoms with van der Waals surface area (Å²) in [6, 6.07) is 12.1. The summed E-state index contributed by atoms with van der Waals surface area (Å²) < 4.78 is 30.6. The smallest absolute Gasteiger partial charge is 0.276 e. The Balaban J connectivity index is 2.08. The first-order valence-corrected chi connectivity index (χ1v) is 9.80. The van der Waals surface area contributed by atoms with Crippen LogP contribution in [0.4, 0.5) is 0 Å². The van der Waals surface area contributed by atoms with Gasteiger partial charge in [0.25, 0.3) is 10.0 Å². The van der Waals surface area contributed by atoms with E-state index in [9.17, 15) is 8.42 Å². The van der Waals surface area contributed by atoms with Crippen molar-refractivity contribution < 1.29 is 13.2 Å². The van der Waals surface area contributed by atoms with E-state index in [0.29, 0.717) is 6.61 Å². The van der Waals surface area contributed by atoms with Crippen LogP contribution in [0.15, 0.2) is 56.9 Å². The second-order valence-electron chi connectivity index (χ2n) is 4.97. The molecule has 24 heavy (non-hydrogen) atoms. The van der Waals surface area contributed by atoms with Gasteiger partial charge in [-0.25, -0.2) is 4.83 Å². The van der Waals surface area contributed by atoms with Crippen LogP contribution in [-0.2, 0) is 16.4 Å². The van der Waals surface area contributed by atoms with Gasteiger partial charge < -0.3 is 4.74 Å². The van der Waals surface area contributed by atoms with Gasteiger partial charge in [-0.2, -0.15) is 13.5 Å². The number of halogens is 1. The van der Waals surface area contributed by atoms with E-state index in [1.807, 2.05) is 13.8 Å². The molecule has 0 unspecified atom stereocenters. The van der Waals surface area contributed by atoms with Gasteiger partial charge in [0.2, 0.25) is 0 Å². The third kappa shape index (κ3) is 4.82. The van der Waals surface area contributed by atoms with Gasteiger partial charge in [0.15, 0.2) is 0 Å². The lowest BCUT2D eigenvalue weighted by atomic mass is 10.2. The van der Waals surface area contributed by atoms with Crippen molar-refractivity contribution in [1.82, 2.24) is 4.83 Å². The van der Waals surface area contributed by atoms with Crippen LogP contribution >= 0.6 is 15.9 Å². The number of ether oxygens (including phenoxy) is 1. The average Bonchev–Trinajstić information content (AvgIpc) is 2.57. The minimum absolute atomic E-state index is 0.185. The summed E-state index contributed by atoms with van der Waals surface area (Å²) in [4.78, 5) is 2.40. The van der Waals surface area contributed by atoms with E-state index in [4.69, 9.17) is 4.74 Å². The van der Waals surface area contributed by atoms with E-state index in [1.54, 1.807) is 42.5 Å². The molecule has 0 amide bonds. The molecule has 2 rings (SSSR count). The monoisotopic (exact) mass is 410 g/mol. The Bertz CT molecular complexity index is 818. The number of nitrogens with one attached hydrogen (secondary N) is 1. The zero-order valence-electron chi connectivity index (χ0n) is 13.5. The lowest BCUT2D eigenvalue weighted by Gasteiger charge is -2.06. The van der Waals surface area contributed by atoms with E-state index in [0.717, 1.165) is 27.8 Å². The van der Waals surface area contributed by atoms with Gasteiger partial charge in [0.05, 0.1) is 22.2 Å². The fourth-order valence-electron chi connectivity index (χ4n) is 2.00. The molecule has 0 bridgehead atoms. The summed E-state index contributed by atoms with van der Waals surface area (Å²) in [6.07, 6.45) is 2.30. The van der Waals surface area contributed by atoms with Gasteiger partial charge in [-0.3, -0.25) is 0 Å². The van der Waals surface area contributed by atoms with E-state index >= 15 is 0 Å². The minimum Gasteiger partial charge on any atom is -0.493 e. The molecule has 5 nitrogen and oxygen atoms in total. The zero-order chi connectivity index (χ0) is 17.6. The molecule has 0 radical (unpaired) electrons. The molecule has 0 fully saturated rings. The molecule has 2 aromatic carbocycles. The van der Waals surface area contributed by atoms with Crippen molar-refractivity contribution in [1.29, 1.82) is 0 Å². The highest BCUT2D eigenvalue weighted by Crippen LogP contribution is 2.25.